The standard InChI is InChI=1S/C19H20ClNO2/c1-14-2-4-15(5-3-14)19(22)21-12-10-18(11-13-21)23-17-8-6-16(20)7-9-17/h2-9,18H,10-13H2,1H3. The van der Waals surface area contributed by atoms with Crippen molar-refractivity contribution in [3.63, 3.8) is 0 Å². The molecule has 0 atom stereocenters. The predicted octanol–water partition coefficient (Wildman–Crippen LogP) is 4.33. The highest BCUT2D eigenvalue weighted by Crippen LogP contribution is 2.22. The number of piperidine rings is 1. The Hall–Kier alpha value is -2.00. The van der Waals surface area contributed by atoms with E-state index in [0.29, 0.717) is 5.02 Å². The number of likely N-dealkylation sites (tertiary alicyclic amines) is 1. The van der Waals surface area contributed by atoms with Crippen molar-refractivity contribution in [2.75, 3.05) is 13.1 Å². The molecule has 23 heavy (non-hydrogen) atoms. The number of hydrogen-bond acceptors (Lipinski definition) is 2. The molecule has 1 aliphatic heterocycles. The molecule has 0 unspecified atom stereocenters. The highest BCUT2D eigenvalue weighted by molar-refractivity contribution is 6.30. The molecule has 4 heteroatoms. The molecule has 0 saturated carbocycles. The first-order valence-electron chi connectivity index (χ1n) is 7.90. The highest BCUT2D eigenvalue weighted by Gasteiger charge is 2.24. The number of amides is 1. The first kappa shape index (κ1) is 15.9. The molecule has 1 heterocycles. The van der Waals surface area contributed by atoms with Crippen LogP contribution in [0, 0.1) is 6.92 Å². The SMILES string of the molecule is Cc1ccc(C(=O)N2CCC(Oc3ccc(Cl)cc3)CC2)cc1. The monoisotopic (exact) mass is 329 g/mol. The van der Waals surface area contributed by atoms with E-state index >= 15 is 0 Å². The van der Waals surface area contributed by atoms with Gasteiger partial charge in [-0.25, -0.2) is 0 Å². The normalized spacial score (nSPS) is 15.5. The Kier molecular flexibility index (Phi) is 4.87. The Labute approximate surface area is 141 Å². The molecule has 1 fully saturated rings. The fourth-order valence-corrected chi connectivity index (χ4v) is 2.89. The summed E-state index contributed by atoms with van der Waals surface area (Å²) in [6.07, 6.45) is 1.85. The number of aryl methyl sites for hydroxylation is 1. The third-order valence-electron chi connectivity index (χ3n) is 4.14. The van der Waals surface area contributed by atoms with E-state index in [-0.39, 0.29) is 12.0 Å². The summed E-state index contributed by atoms with van der Waals surface area (Å²) in [5.41, 5.74) is 1.92. The number of hydrogen-bond donors (Lipinski definition) is 0. The average molecular weight is 330 g/mol. The molecular formula is C19H20ClNO2. The number of carbonyl (C=O) groups is 1. The second kappa shape index (κ2) is 7.05. The third-order valence-corrected chi connectivity index (χ3v) is 4.40. The molecule has 2 aromatic rings. The molecule has 0 aliphatic carbocycles. The van der Waals surface area contributed by atoms with Crippen LogP contribution in [0.2, 0.25) is 5.02 Å². The summed E-state index contributed by atoms with van der Waals surface area (Å²) in [7, 11) is 0. The van der Waals surface area contributed by atoms with Crippen LogP contribution in [0.4, 0.5) is 0 Å². The van der Waals surface area contributed by atoms with Gasteiger partial charge in [-0.3, -0.25) is 4.79 Å². The van der Waals surface area contributed by atoms with Gasteiger partial charge in [-0.15, -0.1) is 0 Å². The lowest BCUT2D eigenvalue weighted by Crippen LogP contribution is -2.41. The summed E-state index contributed by atoms with van der Waals surface area (Å²) in [4.78, 5) is 14.4. The van der Waals surface area contributed by atoms with E-state index in [9.17, 15) is 4.79 Å². The van der Waals surface area contributed by atoms with Gasteiger partial charge >= 0.3 is 0 Å². The summed E-state index contributed by atoms with van der Waals surface area (Å²) in [5.74, 6) is 0.938. The molecule has 1 aliphatic rings. The molecule has 3 nitrogen and oxygen atoms in total. The molecule has 3 rings (SSSR count). The molecule has 1 saturated heterocycles. The Balaban J connectivity index is 1.54. The fourth-order valence-electron chi connectivity index (χ4n) is 2.76. The van der Waals surface area contributed by atoms with Crippen molar-refractivity contribution in [2.24, 2.45) is 0 Å². The Morgan fingerprint density at radius 1 is 1.04 bits per heavy atom. The van der Waals surface area contributed by atoms with Gasteiger partial charge in [-0.2, -0.15) is 0 Å². The zero-order valence-corrected chi connectivity index (χ0v) is 13.9. The number of halogens is 1. The summed E-state index contributed by atoms with van der Waals surface area (Å²) < 4.78 is 5.96. The van der Waals surface area contributed by atoms with E-state index in [4.69, 9.17) is 16.3 Å². The van der Waals surface area contributed by atoms with Crippen LogP contribution in [0.1, 0.15) is 28.8 Å². The molecule has 120 valence electrons. The van der Waals surface area contributed by atoms with Crippen molar-refractivity contribution in [2.45, 2.75) is 25.9 Å². The van der Waals surface area contributed by atoms with Crippen molar-refractivity contribution in [1.29, 1.82) is 0 Å². The van der Waals surface area contributed by atoms with Crippen LogP contribution in [0.3, 0.4) is 0 Å². The second-order valence-corrected chi connectivity index (χ2v) is 6.37. The van der Waals surface area contributed by atoms with Gasteiger partial charge in [-0.1, -0.05) is 29.3 Å². The van der Waals surface area contributed by atoms with Crippen molar-refractivity contribution in [3.05, 3.63) is 64.7 Å². The van der Waals surface area contributed by atoms with Gasteiger partial charge in [0.05, 0.1) is 0 Å². The molecule has 0 radical (unpaired) electrons. The summed E-state index contributed by atoms with van der Waals surface area (Å²) >= 11 is 5.88. The number of benzene rings is 2. The van der Waals surface area contributed by atoms with E-state index < -0.39 is 0 Å². The lowest BCUT2D eigenvalue weighted by Gasteiger charge is -2.32. The maximum atomic E-state index is 12.5. The highest BCUT2D eigenvalue weighted by atomic mass is 35.5. The average Bonchev–Trinajstić information content (AvgIpc) is 2.58. The van der Waals surface area contributed by atoms with Gasteiger partial charge in [0.2, 0.25) is 0 Å². The van der Waals surface area contributed by atoms with E-state index in [1.54, 1.807) is 0 Å². The number of rotatable bonds is 3. The molecule has 0 spiro atoms. The largest absolute Gasteiger partial charge is 0.490 e. The van der Waals surface area contributed by atoms with Gasteiger partial charge < -0.3 is 9.64 Å². The van der Waals surface area contributed by atoms with Crippen molar-refractivity contribution < 1.29 is 9.53 Å². The van der Waals surface area contributed by atoms with Crippen LogP contribution in [-0.4, -0.2) is 30.0 Å². The van der Waals surface area contributed by atoms with Crippen LogP contribution in [0.25, 0.3) is 0 Å². The molecule has 2 aromatic carbocycles. The zero-order chi connectivity index (χ0) is 16.2. The van der Waals surface area contributed by atoms with Crippen LogP contribution >= 0.6 is 11.6 Å². The molecular weight excluding hydrogens is 310 g/mol. The van der Waals surface area contributed by atoms with Crippen LogP contribution in [0.15, 0.2) is 48.5 Å². The second-order valence-electron chi connectivity index (χ2n) is 5.93. The van der Waals surface area contributed by atoms with Gasteiger partial charge in [-0.05, 0) is 43.3 Å². The van der Waals surface area contributed by atoms with E-state index in [1.807, 2.05) is 60.4 Å². The number of carbonyl (C=O) groups excluding carboxylic acids is 1. The third kappa shape index (κ3) is 4.05. The van der Waals surface area contributed by atoms with Crippen molar-refractivity contribution >= 4 is 17.5 Å². The fraction of sp³-hybridized carbons (Fsp3) is 0.316. The summed E-state index contributed by atoms with van der Waals surface area (Å²) in [6, 6.07) is 15.2. The predicted molar refractivity (Wildman–Crippen MR) is 92.2 cm³/mol. The maximum absolute atomic E-state index is 12.5. The van der Waals surface area contributed by atoms with Gasteiger partial charge in [0.25, 0.3) is 5.91 Å². The van der Waals surface area contributed by atoms with Crippen LogP contribution in [0.5, 0.6) is 5.75 Å². The summed E-state index contributed by atoms with van der Waals surface area (Å²) in [5, 5.41) is 0.705. The van der Waals surface area contributed by atoms with E-state index in [1.165, 1.54) is 0 Å². The molecule has 0 bridgehead atoms. The minimum atomic E-state index is 0.106. The van der Waals surface area contributed by atoms with Crippen molar-refractivity contribution in [1.82, 2.24) is 4.90 Å². The number of nitrogens with zero attached hydrogens (tertiary/aromatic N) is 1. The Morgan fingerprint density at radius 2 is 1.65 bits per heavy atom. The first-order valence-corrected chi connectivity index (χ1v) is 8.28. The molecule has 0 aromatic heterocycles. The zero-order valence-electron chi connectivity index (χ0n) is 13.2. The van der Waals surface area contributed by atoms with E-state index in [0.717, 1.165) is 42.8 Å². The quantitative estimate of drug-likeness (QED) is 0.838. The molecule has 1 amide bonds. The summed E-state index contributed by atoms with van der Waals surface area (Å²) in [6.45, 7) is 3.48. The molecule has 0 N–H and O–H groups in total. The smallest absolute Gasteiger partial charge is 0.253 e. The van der Waals surface area contributed by atoms with Crippen LogP contribution in [-0.2, 0) is 0 Å². The Morgan fingerprint density at radius 3 is 2.26 bits per heavy atom. The van der Waals surface area contributed by atoms with Crippen LogP contribution < -0.4 is 4.74 Å². The lowest BCUT2D eigenvalue weighted by molar-refractivity contribution is 0.0595. The van der Waals surface area contributed by atoms with Gasteiger partial charge in [0.1, 0.15) is 11.9 Å². The minimum Gasteiger partial charge on any atom is -0.490 e. The lowest BCUT2D eigenvalue weighted by atomic mass is 10.1. The number of ether oxygens (including phenoxy) is 1. The van der Waals surface area contributed by atoms with Gasteiger partial charge in [0.15, 0.2) is 0 Å². The first-order chi connectivity index (χ1) is 11.1. The van der Waals surface area contributed by atoms with Gasteiger partial charge in [0, 0.05) is 36.5 Å². The minimum absolute atomic E-state index is 0.106. The maximum Gasteiger partial charge on any atom is 0.253 e. The van der Waals surface area contributed by atoms with E-state index in [2.05, 4.69) is 0 Å². The Bertz CT molecular complexity index is 659. The topological polar surface area (TPSA) is 29.5 Å². The van der Waals surface area contributed by atoms with Crippen molar-refractivity contribution in [3.8, 4) is 5.75 Å².